The van der Waals surface area contributed by atoms with Gasteiger partial charge in [-0.3, -0.25) is 9.69 Å². The van der Waals surface area contributed by atoms with E-state index in [1.165, 1.54) is 13.2 Å². The van der Waals surface area contributed by atoms with Gasteiger partial charge >= 0.3 is 6.18 Å². The van der Waals surface area contributed by atoms with Crippen LogP contribution in [0.15, 0.2) is 18.2 Å². The van der Waals surface area contributed by atoms with Crippen LogP contribution in [0.25, 0.3) is 0 Å². The first-order chi connectivity index (χ1) is 9.91. The van der Waals surface area contributed by atoms with E-state index in [-0.39, 0.29) is 23.6 Å². The minimum atomic E-state index is -4.45. The maximum absolute atomic E-state index is 12.7. The number of nitrogens with zero attached hydrogens (tertiary/aromatic N) is 1. The number of ketones is 1. The molecule has 0 saturated carbocycles. The quantitative estimate of drug-likeness (QED) is 0.861. The topological polar surface area (TPSA) is 41.6 Å². The molecule has 1 fully saturated rings. The number of carbonyl (C=O) groups is 1. The Balaban J connectivity index is 2.16. The van der Waals surface area contributed by atoms with Gasteiger partial charge in [0.15, 0.2) is 5.78 Å². The van der Waals surface area contributed by atoms with E-state index in [1.807, 2.05) is 4.90 Å². The van der Waals surface area contributed by atoms with E-state index >= 15 is 0 Å². The average Bonchev–Trinajstić information content (AvgIpc) is 2.46. The van der Waals surface area contributed by atoms with Crippen LogP contribution in [0.5, 0.6) is 5.75 Å². The summed E-state index contributed by atoms with van der Waals surface area (Å²) in [5, 5.41) is 3.17. The van der Waals surface area contributed by atoms with Crippen molar-refractivity contribution in [2.75, 3.05) is 39.8 Å². The molecule has 0 amide bonds. The van der Waals surface area contributed by atoms with Gasteiger partial charge in [-0.2, -0.15) is 13.2 Å². The summed E-state index contributed by atoms with van der Waals surface area (Å²) >= 11 is 0. The van der Waals surface area contributed by atoms with E-state index in [2.05, 4.69) is 5.32 Å². The van der Waals surface area contributed by atoms with E-state index in [0.29, 0.717) is 0 Å². The van der Waals surface area contributed by atoms with Gasteiger partial charge in [0, 0.05) is 26.2 Å². The largest absolute Gasteiger partial charge is 0.496 e. The lowest BCUT2D eigenvalue weighted by Crippen LogP contribution is -2.45. The van der Waals surface area contributed by atoms with Gasteiger partial charge in [-0.1, -0.05) is 0 Å². The normalized spacial score (nSPS) is 16.8. The van der Waals surface area contributed by atoms with Gasteiger partial charge in [0.1, 0.15) is 5.75 Å². The van der Waals surface area contributed by atoms with Crippen LogP contribution in [0.2, 0.25) is 0 Å². The average molecular weight is 302 g/mol. The highest BCUT2D eigenvalue weighted by Gasteiger charge is 2.32. The van der Waals surface area contributed by atoms with E-state index in [0.717, 1.165) is 38.3 Å². The fraction of sp³-hybridized carbons (Fsp3) is 0.500. The molecule has 1 aliphatic rings. The van der Waals surface area contributed by atoms with Crippen LogP contribution < -0.4 is 10.1 Å². The second kappa shape index (κ2) is 6.44. The molecule has 1 saturated heterocycles. The molecule has 21 heavy (non-hydrogen) atoms. The number of rotatable bonds is 4. The highest BCUT2D eigenvalue weighted by atomic mass is 19.4. The molecule has 1 aromatic rings. The highest BCUT2D eigenvalue weighted by Crippen LogP contribution is 2.33. The first-order valence-corrected chi connectivity index (χ1v) is 6.63. The lowest BCUT2D eigenvalue weighted by molar-refractivity contribution is -0.137. The maximum atomic E-state index is 12.7. The summed E-state index contributed by atoms with van der Waals surface area (Å²) in [5.41, 5.74) is -0.637. The third kappa shape index (κ3) is 3.95. The predicted octanol–water partition coefficient (Wildman–Crippen LogP) is 1.80. The Morgan fingerprint density at radius 2 is 2.00 bits per heavy atom. The van der Waals surface area contributed by atoms with Gasteiger partial charge in [-0.15, -0.1) is 0 Å². The van der Waals surface area contributed by atoms with Gasteiger partial charge in [0.2, 0.25) is 0 Å². The van der Waals surface area contributed by atoms with Crippen molar-refractivity contribution in [3.8, 4) is 5.75 Å². The van der Waals surface area contributed by atoms with Crippen molar-refractivity contribution >= 4 is 5.78 Å². The number of piperazine rings is 1. The van der Waals surface area contributed by atoms with Crippen molar-refractivity contribution < 1.29 is 22.7 Å². The smallest absolute Gasteiger partial charge is 0.416 e. The molecule has 0 unspecified atom stereocenters. The van der Waals surface area contributed by atoms with Crippen molar-refractivity contribution in [1.82, 2.24) is 10.2 Å². The second-order valence-corrected chi connectivity index (χ2v) is 4.86. The number of carbonyl (C=O) groups excluding carboxylic acids is 1. The van der Waals surface area contributed by atoms with Gasteiger partial charge < -0.3 is 10.1 Å². The van der Waals surface area contributed by atoms with Crippen molar-refractivity contribution in [1.29, 1.82) is 0 Å². The van der Waals surface area contributed by atoms with Crippen LogP contribution in [0.4, 0.5) is 13.2 Å². The van der Waals surface area contributed by atoms with Crippen molar-refractivity contribution in [2.24, 2.45) is 0 Å². The fourth-order valence-electron chi connectivity index (χ4n) is 2.26. The SMILES string of the molecule is COc1cc(C(F)(F)F)ccc1C(=O)CN1CCNCC1. The Kier molecular flexibility index (Phi) is 4.84. The summed E-state index contributed by atoms with van der Waals surface area (Å²) in [6.45, 7) is 3.28. The summed E-state index contributed by atoms with van der Waals surface area (Å²) in [7, 11) is 1.26. The maximum Gasteiger partial charge on any atom is 0.416 e. The summed E-state index contributed by atoms with van der Waals surface area (Å²) in [5.74, 6) is -0.271. The zero-order valence-corrected chi connectivity index (χ0v) is 11.7. The summed E-state index contributed by atoms with van der Waals surface area (Å²) in [4.78, 5) is 14.2. The minimum absolute atomic E-state index is 0.0371. The second-order valence-electron chi connectivity index (χ2n) is 4.86. The summed E-state index contributed by atoms with van der Waals surface area (Å²) in [6.07, 6.45) is -4.45. The van der Waals surface area contributed by atoms with Crippen molar-refractivity contribution in [3.63, 3.8) is 0 Å². The minimum Gasteiger partial charge on any atom is -0.496 e. The van der Waals surface area contributed by atoms with E-state index in [1.54, 1.807) is 0 Å². The number of hydrogen-bond donors (Lipinski definition) is 1. The number of ether oxygens (including phenoxy) is 1. The molecule has 1 N–H and O–H groups in total. The van der Waals surface area contributed by atoms with Gasteiger partial charge in [-0.25, -0.2) is 0 Å². The summed E-state index contributed by atoms with van der Waals surface area (Å²) in [6, 6.07) is 2.96. The molecule has 2 rings (SSSR count). The molecule has 0 radical (unpaired) electrons. The molecule has 4 nitrogen and oxygen atoms in total. The highest BCUT2D eigenvalue weighted by molar-refractivity contribution is 6.00. The summed E-state index contributed by atoms with van der Waals surface area (Å²) < 4.78 is 42.9. The number of methoxy groups -OCH3 is 1. The van der Waals surface area contributed by atoms with Crippen LogP contribution in [-0.4, -0.2) is 50.5 Å². The number of alkyl halides is 3. The standard InChI is InChI=1S/C14H17F3N2O2/c1-21-13-8-10(14(15,16)17)2-3-11(13)12(20)9-19-6-4-18-5-7-19/h2-3,8,18H,4-7,9H2,1H3. The van der Waals surface area contributed by atoms with Crippen LogP contribution >= 0.6 is 0 Å². The molecule has 0 spiro atoms. The molecule has 0 atom stereocenters. The third-order valence-corrected chi connectivity index (χ3v) is 3.41. The fourth-order valence-corrected chi connectivity index (χ4v) is 2.26. The number of halogens is 3. The molecular formula is C14H17F3N2O2. The molecule has 0 bridgehead atoms. The zero-order chi connectivity index (χ0) is 15.5. The number of nitrogens with one attached hydrogen (secondary N) is 1. The number of Topliss-reactive ketones (excluding diaryl/α,β-unsaturated/α-hetero) is 1. The Morgan fingerprint density at radius 3 is 2.57 bits per heavy atom. The van der Waals surface area contributed by atoms with E-state index < -0.39 is 11.7 Å². The molecule has 1 aliphatic heterocycles. The van der Waals surface area contributed by atoms with Crippen molar-refractivity contribution in [2.45, 2.75) is 6.18 Å². The van der Waals surface area contributed by atoms with E-state index in [4.69, 9.17) is 4.74 Å². The van der Waals surface area contributed by atoms with Gasteiger partial charge in [0.05, 0.1) is 24.8 Å². The Morgan fingerprint density at radius 1 is 1.33 bits per heavy atom. The third-order valence-electron chi connectivity index (χ3n) is 3.41. The first-order valence-electron chi connectivity index (χ1n) is 6.63. The number of hydrogen-bond acceptors (Lipinski definition) is 4. The predicted molar refractivity (Wildman–Crippen MR) is 71.6 cm³/mol. The van der Waals surface area contributed by atoms with E-state index in [9.17, 15) is 18.0 Å². The van der Waals surface area contributed by atoms with Crippen molar-refractivity contribution in [3.05, 3.63) is 29.3 Å². The van der Waals surface area contributed by atoms with Crippen LogP contribution in [0.3, 0.4) is 0 Å². The van der Waals surface area contributed by atoms with Crippen LogP contribution in [0.1, 0.15) is 15.9 Å². The first kappa shape index (κ1) is 15.8. The lowest BCUT2D eigenvalue weighted by atomic mass is 10.1. The monoisotopic (exact) mass is 302 g/mol. The number of benzene rings is 1. The lowest BCUT2D eigenvalue weighted by Gasteiger charge is -2.26. The van der Waals surface area contributed by atoms with Gasteiger partial charge in [0.25, 0.3) is 0 Å². The Labute approximate surface area is 120 Å². The van der Waals surface area contributed by atoms with Crippen LogP contribution in [-0.2, 0) is 6.18 Å². The molecular weight excluding hydrogens is 285 g/mol. The molecule has 1 heterocycles. The van der Waals surface area contributed by atoms with Gasteiger partial charge in [-0.05, 0) is 18.2 Å². The Hall–Kier alpha value is -1.60. The molecule has 116 valence electrons. The zero-order valence-electron chi connectivity index (χ0n) is 11.7. The molecule has 0 aromatic heterocycles. The molecule has 7 heteroatoms. The molecule has 1 aromatic carbocycles. The van der Waals surface area contributed by atoms with Crippen LogP contribution in [0, 0.1) is 0 Å². The molecule has 0 aliphatic carbocycles. The Bertz CT molecular complexity index is 511.